The number of amides is 2. The number of nitrogens with zero attached hydrogens (tertiary/aromatic N) is 4. The molecule has 3 aromatic rings. The molecule has 0 unspecified atom stereocenters. The Morgan fingerprint density at radius 2 is 1.89 bits per heavy atom. The van der Waals surface area contributed by atoms with Crippen molar-refractivity contribution in [3.05, 3.63) is 47.0 Å². The van der Waals surface area contributed by atoms with Gasteiger partial charge in [0, 0.05) is 22.6 Å². The Kier molecular flexibility index (Phi) is 11.2. The number of aromatic nitrogens is 4. The zero-order chi connectivity index (χ0) is 32.0. The SMILES string of the molecule is CCc1nocc1C(=O)N[C@H](C(=O)Nc1ccc(-c2c(C)nn(COCCS(C)(C)C)c2CC)c(F)n1)C1CCC(C)CC1. The number of hydrogen-bond donors (Lipinski definition) is 2. The number of hydrogen-bond acceptors (Lipinski definition) is 7. The molecule has 0 radical (unpaired) electrons. The van der Waals surface area contributed by atoms with Crippen LogP contribution in [0.4, 0.5) is 10.2 Å². The van der Waals surface area contributed by atoms with Gasteiger partial charge in [0.2, 0.25) is 11.9 Å². The van der Waals surface area contributed by atoms with Gasteiger partial charge in [-0.3, -0.25) is 9.59 Å². The monoisotopic (exact) mass is 630 g/mol. The molecule has 3 heterocycles. The third-order valence-electron chi connectivity index (χ3n) is 8.32. The second-order valence-electron chi connectivity index (χ2n) is 12.6. The van der Waals surface area contributed by atoms with E-state index in [1.807, 2.05) is 20.8 Å². The van der Waals surface area contributed by atoms with E-state index in [1.165, 1.54) is 6.26 Å². The number of pyridine rings is 1. The Bertz CT molecular complexity index is 1440. The summed E-state index contributed by atoms with van der Waals surface area (Å²) in [5.74, 6) is 0.0287. The van der Waals surface area contributed by atoms with Crippen LogP contribution < -0.4 is 10.6 Å². The van der Waals surface area contributed by atoms with E-state index in [2.05, 4.69) is 51.6 Å². The van der Waals surface area contributed by atoms with Crippen molar-refractivity contribution >= 4 is 27.7 Å². The second-order valence-corrected chi connectivity index (χ2v) is 17.2. The highest BCUT2D eigenvalue weighted by Crippen LogP contribution is 2.34. The lowest BCUT2D eigenvalue weighted by Gasteiger charge is -2.32. The van der Waals surface area contributed by atoms with Crippen LogP contribution in [0.2, 0.25) is 0 Å². The maximum absolute atomic E-state index is 15.6. The smallest absolute Gasteiger partial charge is 0.257 e. The fraction of sp³-hybridized carbons (Fsp3) is 0.594. The van der Waals surface area contributed by atoms with E-state index in [-0.39, 0.29) is 11.7 Å². The lowest BCUT2D eigenvalue weighted by molar-refractivity contribution is -0.119. The Balaban J connectivity index is 1.52. The summed E-state index contributed by atoms with van der Waals surface area (Å²) in [6, 6.07) is 2.40. The summed E-state index contributed by atoms with van der Waals surface area (Å²) in [5, 5.41) is 14.2. The van der Waals surface area contributed by atoms with Crippen molar-refractivity contribution in [3.63, 3.8) is 0 Å². The van der Waals surface area contributed by atoms with Crippen LogP contribution in [0.25, 0.3) is 11.1 Å². The summed E-state index contributed by atoms with van der Waals surface area (Å²) in [6.07, 6.45) is 12.7. The normalized spacial score (nSPS) is 18.2. The molecule has 1 saturated carbocycles. The Morgan fingerprint density at radius 1 is 1.16 bits per heavy atom. The van der Waals surface area contributed by atoms with E-state index >= 15 is 4.39 Å². The van der Waals surface area contributed by atoms with E-state index in [9.17, 15) is 9.59 Å². The molecule has 0 aliphatic heterocycles. The Hall–Kier alpha value is -3.25. The van der Waals surface area contributed by atoms with E-state index in [1.54, 1.807) is 16.8 Å². The predicted octanol–water partition coefficient (Wildman–Crippen LogP) is 5.74. The van der Waals surface area contributed by atoms with Crippen LogP contribution in [0, 0.1) is 24.7 Å². The molecule has 1 aliphatic carbocycles. The van der Waals surface area contributed by atoms with Gasteiger partial charge in [0.05, 0.1) is 18.0 Å². The molecule has 0 saturated heterocycles. The molecule has 44 heavy (non-hydrogen) atoms. The highest BCUT2D eigenvalue weighted by atomic mass is 32.3. The van der Waals surface area contributed by atoms with Gasteiger partial charge in [0.25, 0.3) is 5.91 Å². The van der Waals surface area contributed by atoms with E-state index in [0.717, 1.165) is 37.1 Å². The number of rotatable bonds is 13. The third-order valence-corrected chi connectivity index (χ3v) is 9.71. The fourth-order valence-corrected chi connectivity index (χ4v) is 6.35. The Labute approximate surface area is 261 Å². The predicted molar refractivity (Wildman–Crippen MR) is 173 cm³/mol. The molecule has 1 fully saturated rings. The van der Waals surface area contributed by atoms with Gasteiger partial charge >= 0.3 is 0 Å². The zero-order valence-electron chi connectivity index (χ0n) is 27.0. The average molecular weight is 631 g/mol. The van der Waals surface area contributed by atoms with Crippen LogP contribution in [0.5, 0.6) is 0 Å². The summed E-state index contributed by atoms with van der Waals surface area (Å²) in [6.45, 7) is 8.85. The van der Waals surface area contributed by atoms with Crippen molar-refractivity contribution in [2.45, 2.75) is 79.0 Å². The second kappa shape index (κ2) is 14.7. The first kappa shape index (κ1) is 33.6. The number of nitrogens with one attached hydrogen (secondary N) is 2. The topological polar surface area (TPSA) is 124 Å². The molecular formula is C32H47FN6O4S. The van der Waals surface area contributed by atoms with Gasteiger partial charge < -0.3 is 19.9 Å². The number of carbonyl (C=O) groups is 2. The number of anilines is 1. The first-order valence-corrected chi connectivity index (χ1v) is 18.5. The van der Waals surface area contributed by atoms with Crippen LogP contribution in [0.3, 0.4) is 0 Å². The first-order valence-electron chi connectivity index (χ1n) is 15.4. The standard InChI is InChI=1S/C32H47FN6O4S/c1-8-25-24(18-43-38-25)31(40)36-29(22-12-10-20(3)11-13-22)32(41)35-27-15-14-23(30(33)34-27)28-21(4)37-39(26(28)9-2)19-42-16-17-44(5,6)7/h14-15,18,20,22,29H,8-13,16-17,19H2,1-7H3,(H,36,40)(H,34,35,41)/t20?,22?,29-/m0/s1. The maximum atomic E-state index is 15.6. The molecule has 12 heteroatoms. The maximum Gasteiger partial charge on any atom is 0.257 e. The molecule has 242 valence electrons. The van der Waals surface area contributed by atoms with Gasteiger partial charge in [-0.2, -0.15) is 9.49 Å². The highest BCUT2D eigenvalue weighted by Gasteiger charge is 2.34. The third kappa shape index (κ3) is 8.26. The quantitative estimate of drug-likeness (QED) is 0.182. The van der Waals surface area contributed by atoms with Crippen molar-refractivity contribution in [2.75, 3.05) is 36.4 Å². The van der Waals surface area contributed by atoms with Crippen molar-refractivity contribution in [1.29, 1.82) is 0 Å². The van der Waals surface area contributed by atoms with Gasteiger partial charge in [0.1, 0.15) is 30.4 Å². The number of ether oxygens (including phenoxy) is 1. The van der Waals surface area contributed by atoms with E-state index in [4.69, 9.17) is 9.26 Å². The fourth-order valence-electron chi connectivity index (χ4n) is 5.74. The minimum Gasteiger partial charge on any atom is -0.364 e. The number of aryl methyl sites for hydroxylation is 2. The van der Waals surface area contributed by atoms with E-state index in [0.29, 0.717) is 60.2 Å². The van der Waals surface area contributed by atoms with E-state index < -0.39 is 33.8 Å². The number of halogens is 1. The molecule has 10 nitrogen and oxygen atoms in total. The molecule has 1 aliphatic rings. The Morgan fingerprint density at radius 3 is 2.52 bits per heavy atom. The van der Waals surface area contributed by atoms with Crippen LogP contribution in [-0.2, 0) is 29.1 Å². The minimum absolute atomic E-state index is 0.0585. The van der Waals surface area contributed by atoms with Crippen molar-refractivity contribution in [2.24, 2.45) is 11.8 Å². The molecule has 0 bridgehead atoms. The summed E-state index contributed by atoms with van der Waals surface area (Å²) in [7, 11) is -0.662. The van der Waals surface area contributed by atoms with Crippen LogP contribution in [-0.4, -0.2) is 68.9 Å². The van der Waals surface area contributed by atoms with Gasteiger partial charge in [0.15, 0.2) is 0 Å². The van der Waals surface area contributed by atoms with Gasteiger partial charge in [-0.05, 0) is 75.3 Å². The van der Waals surface area contributed by atoms with Crippen LogP contribution in [0.1, 0.15) is 73.9 Å². The lowest BCUT2D eigenvalue weighted by atomic mass is 9.79. The van der Waals surface area contributed by atoms with Crippen LogP contribution in [0.15, 0.2) is 22.9 Å². The highest BCUT2D eigenvalue weighted by molar-refractivity contribution is 8.32. The summed E-state index contributed by atoms with van der Waals surface area (Å²) in [5.41, 5.74) is 3.37. The lowest BCUT2D eigenvalue weighted by Crippen LogP contribution is -2.49. The zero-order valence-corrected chi connectivity index (χ0v) is 27.9. The van der Waals surface area contributed by atoms with Gasteiger partial charge in [-0.25, -0.2) is 19.7 Å². The summed E-state index contributed by atoms with van der Waals surface area (Å²) >= 11 is 0. The molecule has 1 atom stereocenters. The largest absolute Gasteiger partial charge is 0.364 e. The van der Waals surface area contributed by atoms with Crippen molar-refractivity contribution in [3.8, 4) is 11.1 Å². The molecule has 2 N–H and O–H groups in total. The minimum atomic E-state index is -0.814. The number of carbonyl (C=O) groups excluding carboxylic acids is 2. The summed E-state index contributed by atoms with van der Waals surface area (Å²) < 4.78 is 28.3. The van der Waals surface area contributed by atoms with Crippen molar-refractivity contribution < 1.29 is 23.2 Å². The summed E-state index contributed by atoms with van der Waals surface area (Å²) in [4.78, 5) is 30.9. The van der Waals surface area contributed by atoms with Crippen LogP contribution >= 0.6 is 10.0 Å². The molecule has 0 spiro atoms. The first-order chi connectivity index (χ1) is 20.9. The average Bonchev–Trinajstić information content (AvgIpc) is 3.58. The van der Waals surface area contributed by atoms with Gasteiger partial charge in [-0.15, -0.1) is 0 Å². The molecule has 0 aromatic carbocycles. The van der Waals surface area contributed by atoms with Gasteiger partial charge in [-0.1, -0.05) is 38.8 Å². The molecule has 4 rings (SSSR count). The molecular weight excluding hydrogens is 583 g/mol. The molecule has 2 amide bonds. The van der Waals surface area contributed by atoms with Crippen molar-refractivity contribution in [1.82, 2.24) is 25.2 Å². The molecule has 3 aromatic heterocycles.